The number of nitrogens with zero attached hydrogens (tertiary/aromatic N) is 2. The summed E-state index contributed by atoms with van der Waals surface area (Å²) in [7, 11) is 0. The molecule has 1 saturated heterocycles. The van der Waals surface area contributed by atoms with E-state index in [0.717, 1.165) is 49.1 Å². The number of piperazine rings is 1. The maximum absolute atomic E-state index is 12.4. The van der Waals surface area contributed by atoms with Gasteiger partial charge < -0.3 is 10.1 Å². The topological polar surface area (TPSA) is 44.8 Å². The molecule has 0 atom stereocenters. The average Bonchev–Trinajstić information content (AvgIpc) is 2.70. The molecule has 0 aromatic heterocycles. The van der Waals surface area contributed by atoms with Crippen LogP contribution in [0.2, 0.25) is 0 Å². The Kier molecular flexibility index (Phi) is 7.56. The Bertz CT molecular complexity index is 718. The predicted molar refractivity (Wildman–Crippen MR) is 112 cm³/mol. The van der Waals surface area contributed by atoms with Crippen LogP contribution < -0.4 is 10.1 Å². The minimum atomic E-state index is 0.0531. The van der Waals surface area contributed by atoms with Gasteiger partial charge in [-0.25, -0.2) is 0 Å². The molecular formula is C21H27N3O2S. The van der Waals surface area contributed by atoms with Crippen LogP contribution in [0, 0.1) is 0 Å². The first-order chi connectivity index (χ1) is 13.2. The van der Waals surface area contributed by atoms with E-state index in [0.29, 0.717) is 13.2 Å². The smallest absolute Gasteiger partial charge is 0.238 e. The molecule has 5 nitrogen and oxygen atoms in total. The van der Waals surface area contributed by atoms with Gasteiger partial charge in [0.15, 0.2) is 0 Å². The SMILES string of the molecule is CSc1ccccc1NC(=O)CN1CCN(CCOc2ccccc2)CC1. The number of hydrogen-bond donors (Lipinski definition) is 1. The van der Waals surface area contributed by atoms with E-state index in [1.165, 1.54) is 0 Å². The first kappa shape index (κ1) is 19.7. The minimum Gasteiger partial charge on any atom is -0.492 e. The van der Waals surface area contributed by atoms with Gasteiger partial charge in [-0.15, -0.1) is 11.8 Å². The van der Waals surface area contributed by atoms with Crippen LogP contribution in [-0.2, 0) is 4.79 Å². The Hall–Kier alpha value is -2.02. The van der Waals surface area contributed by atoms with Crippen molar-refractivity contribution in [3.05, 3.63) is 54.6 Å². The number of anilines is 1. The first-order valence-corrected chi connectivity index (χ1v) is 10.5. The molecule has 144 valence electrons. The predicted octanol–water partition coefficient (Wildman–Crippen LogP) is 3.04. The fourth-order valence-electron chi connectivity index (χ4n) is 3.12. The van der Waals surface area contributed by atoms with E-state index in [1.54, 1.807) is 11.8 Å². The molecule has 6 heteroatoms. The van der Waals surface area contributed by atoms with Gasteiger partial charge in [-0.3, -0.25) is 14.6 Å². The van der Waals surface area contributed by atoms with Crippen molar-refractivity contribution < 1.29 is 9.53 Å². The third-order valence-electron chi connectivity index (χ3n) is 4.63. The molecule has 1 aliphatic heterocycles. The third-order valence-corrected chi connectivity index (χ3v) is 5.43. The van der Waals surface area contributed by atoms with Crippen LogP contribution in [0.1, 0.15) is 0 Å². The molecule has 27 heavy (non-hydrogen) atoms. The van der Waals surface area contributed by atoms with Gasteiger partial charge in [0.1, 0.15) is 12.4 Å². The second-order valence-electron chi connectivity index (χ2n) is 6.53. The van der Waals surface area contributed by atoms with Gasteiger partial charge in [0.25, 0.3) is 0 Å². The van der Waals surface area contributed by atoms with Crippen molar-refractivity contribution in [1.29, 1.82) is 0 Å². The summed E-state index contributed by atoms with van der Waals surface area (Å²) >= 11 is 1.64. The summed E-state index contributed by atoms with van der Waals surface area (Å²) in [5.41, 5.74) is 0.895. The number of hydrogen-bond acceptors (Lipinski definition) is 5. The van der Waals surface area contributed by atoms with Crippen molar-refractivity contribution in [2.75, 3.05) is 57.4 Å². The van der Waals surface area contributed by atoms with Gasteiger partial charge in [0, 0.05) is 37.6 Å². The minimum absolute atomic E-state index is 0.0531. The number of para-hydroxylation sites is 2. The monoisotopic (exact) mass is 385 g/mol. The normalized spacial score (nSPS) is 15.4. The van der Waals surface area contributed by atoms with Crippen molar-refractivity contribution in [3.8, 4) is 5.75 Å². The Morgan fingerprint density at radius 3 is 2.41 bits per heavy atom. The lowest BCUT2D eigenvalue weighted by molar-refractivity contribution is -0.117. The Labute approximate surface area is 165 Å². The number of carbonyl (C=O) groups is 1. The fourth-order valence-corrected chi connectivity index (χ4v) is 3.67. The molecule has 0 aliphatic carbocycles. The lowest BCUT2D eigenvalue weighted by Gasteiger charge is -2.34. The fraction of sp³-hybridized carbons (Fsp3) is 0.381. The number of nitrogens with one attached hydrogen (secondary N) is 1. The quantitative estimate of drug-likeness (QED) is 0.708. The molecule has 0 saturated carbocycles. The summed E-state index contributed by atoms with van der Waals surface area (Å²) in [6.45, 7) is 5.79. The highest BCUT2D eigenvalue weighted by Crippen LogP contribution is 2.24. The molecule has 1 aliphatic rings. The molecule has 1 N–H and O–H groups in total. The summed E-state index contributed by atoms with van der Waals surface area (Å²) in [6, 6.07) is 17.8. The highest BCUT2D eigenvalue weighted by atomic mass is 32.2. The van der Waals surface area contributed by atoms with E-state index in [4.69, 9.17) is 4.74 Å². The van der Waals surface area contributed by atoms with Crippen molar-refractivity contribution in [2.45, 2.75) is 4.90 Å². The van der Waals surface area contributed by atoms with E-state index in [2.05, 4.69) is 15.1 Å². The molecule has 1 amide bonds. The molecule has 0 unspecified atom stereocenters. The van der Waals surface area contributed by atoms with E-state index in [1.807, 2.05) is 60.9 Å². The number of rotatable bonds is 8. The maximum atomic E-state index is 12.4. The second-order valence-corrected chi connectivity index (χ2v) is 7.38. The van der Waals surface area contributed by atoms with E-state index >= 15 is 0 Å². The van der Waals surface area contributed by atoms with E-state index < -0.39 is 0 Å². The van der Waals surface area contributed by atoms with Crippen LogP contribution in [-0.4, -0.2) is 67.8 Å². The molecule has 0 spiro atoms. The molecule has 2 aromatic carbocycles. The molecule has 3 rings (SSSR count). The zero-order chi connectivity index (χ0) is 18.9. The molecule has 2 aromatic rings. The second kappa shape index (κ2) is 10.3. The lowest BCUT2D eigenvalue weighted by atomic mass is 10.3. The molecular weight excluding hydrogens is 358 g/mol. The Morgan fingerprint density at radius 2 is 1.67 bits per heavy atom. The number of benzene rings is 2. The summed E-state index contributed by atoms with van der Waals surface area (Å²) in [4.78, 5) is 18.1. The standard InChI is InChI=1S/C21H27N3O2S/c1-27-20-10-6-5-9-19(20)22-21(25)17-24-13-11-23(12-14-24)15-16-26-18-7-3-2-4-8-18/h2-10H,11-17H2,1H3,(H,22,25). The van der Waals surface area contributed by atoms with E-state index in [9.17, 15) is 4.79 Å². The number of carbonyl (C=O) groups excluding carboxylic acids is 1. The van der Waals surface area contributed by atoms with Gasteiger partial charge in [0.2, 0.25) is 5.91 Å². The lowest BCUT2D eigenvalue weighted by Crippen LogP contribution is -2.49. The summed E-state index contributed by atoms with van der Waals surface area (Å²) < 4.78 is 5.77. The van der Waals surface area contributed by atoms with Crippen LogP contribution in [0.4, 0.5) is 5.69 Å². The highest BCUT2D eigenvalue weighted by molar-refractivity contribution is 7.98. The van der Waals surface area contributed by atoms with Gasteiger partial charge in [-0.2, -0.15) is 0 Å². The molecule has 1 heterocycles. The third kappa shape index (κ3) is 6.27. The van der Waals surface area contributed by atoms with Gasteiger partial charge in [-0.1, -0.05) is 30.3 Å². The Balaban J connectivity index is 1.36. The molecule has 0 radical (unpaired) electrons. The number of ether oxygens (including phenoxy) is 1. The van der Waals surface area contributed by atoms with Crippen molar-refractivity contribution >= 4 is 23.4 Å². The van der Waals surface area contributed by atoms with Crippen LogP contribution in [0.25, 0.3) is 0 Å². The molecule has 0 bridgehead atoms. The zero-order valence-electron chi connectivity index (χ0n) is 15.8. The van der Waals surface area contributed by atoms with Gasteiger partial charge in [0.05, 0.1) is 12.2 Å². The van der Waals surface area contributed by atoms with Crippen LogP contribution in [0.15, 0.2) is 59.5 Å². The highest BCUT2D eigenvalue weighted by Gasteiger charge is 2.19. The van der Waals surface area contributed by atoms with E-state index in [-0.39, 0.29) is 5.91 Å². The number of thioether (sulfide) groups is 1. The summed E-state index contributed by atoms with van der Waals surface area (Å²) in [6.07, 6.45) is 2.02. The van der Waals surface area contributed by atoms with Crippen LogP contribution >= 0.6 is 11.8 Å². The van der Waals surface area contributed by atoms with Crippen LogP contribution in [0.5, 0.6) is 5.75 Å². The van der Waals surface area contributed by atoms with Crippen molar-refractivity contribution in [2.24, 2.45) is 0 Å². The Morgan fingerprint density at radius 1 is 1.00 bits per heavy atom. The van der Waals surface area contributed by atoms with Crippen molar-refractivity contribution in [1.82, 2.24) is 9.80 Å². The zero-order valence-corrected chi connectivity index (χ0v) is 16.6. The largest absolute Gasteiger partial charge is 0.492 e. The maximum Gasteiger partial charge on any atom is 0.238 e. The first-order valence-electron chi connectivity index (χ1n) is 9.30. The number of amides is 1. The van der Waals surface area contributed by atoms with Gasteiger partial charge >= 0.3 is 0 Å². The van der Waals surface area contributed by atoms with Gasteiger partial charge in [-0.05, 0) is 30.5 Å². The molecule has 1 fully saturated rings. The van der Waals surface area contributed by atoms with Crippen LogP contribution in [0.3, 0.4) is 0 Å². The summed E-state index contributed by atoms with van der Waals surface area (Å²) in [5, 5.41) is 3.04. The average molecular weight is 386 g/mol. The summed E-state index contributed by atoms with van der Waals surface area (Å²) in [5.74, 6) is 0.968. The van der Waals surface area contributed by atoms with Crippen molar-refractivity contribution in [3.63, 3.8) is 0 Å².